The number of carbonyl (C=O) groups is 2. The molecule has 1 N–H and O–H groups in total. The van der Waals surface area contributed by atoms with E-state index in [2.05, 4.69) is 92.1 Å². The number of carbonyl (C=O) groups excluding carboxylic acids is 2. The summed E-state index contributed by atoms with van der Waals surface area (Å²) in [5, 5.41) is 3.40. The second kappa shape index (κ2) is 31.1. The van der Waals surface area contributed by atoms with Crippen LogP contribution in [0.1, 0.15) is 138 Å². The molecule has 0 spiro atoms. The van der Waals surface area contributed by atoms with Crippen LogP contribution < -0.4 is 10.2 Å². The molecule has 6 atom stereocenters. The third-order valence-electron chi connectivity index (χ3n) is 14.6. The van der Waals surface area contributed by atoms with E-state index in [-0.39, 0.29) is 71.3 Å². The number of alkyl halides is 13. The summed E-state index contributed by atoms with van der Waals surface area (Å²) >= 11 is 9.48. The third kappa shape index (κ3) is 22.5. The second-order valence-corrected chi connectivity index (χ2v) is 26.4. The maximum atomic E-state index is 13.7. The predicted octanol–water partition coefficient (Wildman–Crippen LogP) is 19.1. The van der Waals surface area contributed by atoms with Gasteiger partial charge in [0.05, 0.1) is 31.2 Å². The van der Waals surface area contributed by atoms with Crippen LogP contribution in [-0.4, -0.2) is 89.4 Å². The number of amides is 2. The summed E-state index contributed by atoms with van der Waals surface area (Å²) in [6, 6.07) is 22.1. The molecule has 4 heterocycles. The van der Waals surface area contributed by atoms with Crippen molar-refractivity contribution in [2.75, 3.05) is 10.2 Å². The Morgan fingerprint density at radius 2 is 0.868 bits per heavy atom. The number of benzene rings is 4. The number of hydrogen-bond donors (Lipinski definition) is 1. The molecule has 0 radical (unpaired) electrons. The molecule has 2 aliphatic heterocycles. The van der Waals surface area contributed by atoms with E-state index in [1.807, 2.05) is 81.1 Å². The number of likely N-dealkylation sites (tertiary alicyclic amines) is 2. The van der Waals surface area contributed by atoms with Gasteiger partial charge in [0.15, 0.2) is 0 Å². The number of nitrogens with zero attached hydrogens (tertiary/aromatic N) is 7. The largest absolute Gasteiger partial charge is 0.444 e. The molecule has 2 aliphatic rings. The molecule has 2 saturated heterocycles. The van der Waals surface area contributed by atoms with Gasteiger partial charge < -0.3 is 29.5 Å². The van der Waals surface area contributed by atoms with Gasteiger partial charge in [-0.3, -0.25) is 0 Å². The molecule has 6 aromatic rings. The van der Waals surface area contributed by atoms with Gasteiger partial charge in [0.25, 0.3) is 0 Å². The molecule has 0 saturated carbocycles. The second-order valence-electron chi connectivity index (χ2n) is 24.0. The van der Waals surface area contributed by atoms with E-state index < -0.39 is 76.3 Å². The first kappa shape index (κ1) is 73.8. The standard InChI is InChI=1S/C32H35BrF6N4O2.C23H31BrN4O2.C9H5BrF6/c1-5-25-15-26(16-27(13-20-9-7-6-8-10-20)43(25)29(44)45-30(2,3)4)42(28-40-17-24(33)18-41-28)19-21-11-22(31(34,35)36)14-23(12-21)32(37,38)39;1-5-19-12-18(27-21-25-14-17(24)15-26-21)13-20(11-16-9-7-6-8-10-16)28(19)22(29)30-23(2,3)4;10-4-5-1-6(8(11,12)13)3-7(2-5)9(14,15)16/h6-12,14,17-18,25-27H,5,13,15-16,19H2,1-4H3;6-10,14-15,18-20H,5,11-13H2,1-4H3,(H,25,26,27);1-3H,4H2/t25-,26+,27+;18-,19+,20-;/m10./s1. The fourth-order valence-corrected chi connectivity index (χ4v) is 11.5. The summed E-state index contributed by atoms with van der Waals surface area (Å²) in [5.41, 5.74) is -4.72. The van der Waals surface area contributed by atoms with Crippen molar-refractivity contribution < 1.29 is 71.7 Å². The van der Waals surface area contributed by atoms with Gasteiger partial charge in [-0.05, 0) is 183 Å². The zero-order valence-electron chi connectivity index (χ0n) is 51.0. The summed E-state index contributed by atoms with van der Waals surface area (Å²) in [5.74, 6) is 0.760. The van der Waals surface area contributed by atoms with Gasteiger partial charge >= 0.3 is 36.9 Å². The highest BCUT2D eigenvalue weighted by atomic mass is 79.9. The molecule has 496 valence electrons. The zero-order valence-corrected chi connectivity index (χ0v) is 55.8. The lowest BCUT2D eigenvalue weighted by atomic mass is 9.86. The van der Waals surface area contributed by atoms with E-state index in [1.165, 1.54) is 18.0 Å². The van der Waals surface area contributed by atoms with Gasteiger partial charge in [0.2, 0.25) is 11.9 Å². The van der Waals surface area contributed by atoms with Crippen molar-refractivity contribution in [3.8, 4) is 0 Å². The minimum Gasteiger partial charge on any atom is -0.444 e. The lowest BCUT2D eigenvalue weighted by molar-refractivity contribution is -0.144. The van der Waals surface area contributed by atoms with Gasteiger partial charge in [-0.1, -0.05) is 90.4 Å². The fraction of sp³-hybridized carbons (Fsp3) is 0.469. The van der Waals surface area contributed by atoms with Crippen molar-refractivity contribution in [3.63, 3.8) is 0 Å². The maximum absolute atomic E-state index is 13.7. The van der Waals surface area contributed by atoms with E-state index >= 15 is 0 Å². The minimum atomic E-state index is -4.98. The van der Waals surface area contributed by atoms with Crippen molar-refractivity contribution in [2.24, 2.45) is 0 Å². The quantitative estimate of drug-likeness (QED) is 0.0882. The highest BCUT2D eigenvalue weighted by Crippen LogP contribution is 2.41. The molecule has 2 amide bonds. The Morgan fingerprint density at radius 1 is 0.516 bits per heavy atom. The van der Waals surface area contributed by atoms with Crippen molar-refractivity contribution >= 4 is 71.9 Å². The third-order valence-corrected chi connectivity index (χ3v) is 16.1. The van der Waals surface area contributed by atoms with Crippen LogP contribution in [0, 0.1) is 0 Å². The average Bonchev–Trinajstić information content (AvgIpc) is 0.865. The van der Waals surface area contributed by atoms with E-state index in [9.17, 15) is 62.3 Å². The van der Waals surface area contributed by atoms with Crippen molar-refractivity contribution in [1.29, 1.82) is 0 Å². The number of hydrogen-bond acceptors (Lipinski definition) is 10. The van der Waals surface area contributed by atoms with Crippen LogP contribution in [0.5, 0.6) is 0 Å². The van der Waals surface area contributed by atoms with E-state index in [1.54, 1.807) is 43.0 Å². The number of ether oxygens (including phenoxy) is 2. The Morgan fingerprint density at radius 3 is 1.24 bits per heavy atom. The van der Waals surface area contributed by atoms with Gasteiger partial charge in [0.1, 0.15) is 11.2 Å². The summed E-state index contributed by atoms with van der Waals surface area (Å²) in [6.07, 6.45) is -8.81. The number of rotatable bonds is 13. The van der Waals surface area contributed by atoms with Crippen LogP contribution in [0.2, 0.25) is 0 Å². The van der Waals surface area contributed by atoms with Crippen molar-refractivity contribution in [1.82, 2.24) is 29.7 Å². The molecule has 0 aliphatic carbocycles. The van der Waals surface area contributed by atoms with E-state index in [0.29, 0.717) is 48.2 Å². The van der Waals surface area contributed by atoms with Crippen LogP contribution >= 0.6 is 47.8 Å². The Hall–Kier alpha value is -6.22. The monoisotopic (exact) mass is 1480 g/mol. The lowest BCUT2D eigenvalue weighted by Crippen LogP contribution is -2.58. The summed E-state index contributed by atoms with van der Waals surface area (Å²) < 4.78 is 169. The normalized spacial score (nSPS) is 19.1. The van der Waals surface area contributed by atoms with E-state index in [4.69, 9.17) is 9.47 Å². The lowest BCUT2D eigenvalue weighted by Gasteiger charge is -2.48. The summed E-state index contributed by atoms with van der Waals surface area (Å²) in [6.45, 7) is 14.8. The molecule has 4 aromatic carbocycles. The number of nitrogens with one attached hydrogen (secondary N) is 1. The summed E-state index contributed by atoms with van der Waals surface area (Å²) in [4.78, 5) is 49.5. The average molecular weight is 1480 g/mol. The van der Waals surface area contributed by atoms with Crippen LogP contribution in [0.4, 0.5) is 74.2 Å². The molecular weight excluding hydrogens is 1410 g/mol. The molecule has 2 fully saturated rings. The van der Waals surface area contributed by atoms with Gasteiger partial charge in [0, 0.05) is 72.9 Å². The summed E-state index contributed by atoms with van der Waals surface area (Å²) in [7, 11) is 0. The number of anilines is 2. The Bertz CT molecular complexity index is 3240. The van der Waals surface area contributed by atoms with Crippen LogP contribution in [-0.2, 0) is 58.9 Å². The van der Waals surface area contributed by atoms with Crippen LogP contribution in [0.15, 0.2) is 131 Å². The van der Waals surface area contributed by atoms with Gasteiger partial charge in [-0.25, -0.2) is 29.5 Å². The number of aromatic nitrogens is 4. The first-order chi connectivity index (χ1) is 42.3. The van der Waals surface area contributed by atoms with E-state index in [0.717, 1.165) is 47.9 Å². The Kier molecular flexibility index (Phi) is 25.3. The smallest absolute Gasteiger partial charge is 0.416 e. The maximum Gasteiger partial charge on any atom is 0.416 e. The van der Waals surface area contributed by atoms with Gasteiger partial charge in [-0.15, -0.1) is 0 Å². The van der Waals surface area contributed by atoms with Crippen LogP contribution in [0.3, 0.4) is 0 Å². The molecule has 27 heteroatoms. The SMILES string of the molecule is CC[C@@H]1C[C@H](N(Cc2cc(C(F)(F)F)cc(C(F)(F)F)c2)c2ncc(Br)cn2)C[C@H](Cc2ccccc2)N1C(=O)OC(C)(C)C.CC[C@@H]1C[C@H](Nc2ncc(Br)cn2)C[C@H](Cc2ccccc2)N1C(=O)OC(C)(C)C.FC(F)(F)c1cc(CBr)cc(C(F)(F)F)c1. The van der Waals surface area contributed by atoms with Crippen LogP contribution in [0.25, 0.3) is 0 Å². The zero-order chi connectivity index (χ0) is 67.4. The topological polar surface area (TPSA) is 126 Å². The highest BCUT2D eigenvalue weighted by molar-refractivity contribution is 9.10. The highest BCUT2D eigenvalue weighted by Gasteiger charge is 2.45. The Balaban J connectivity index is 0.000000244. The Labute approximate surface area is 546 Å². The predicted molar refractivity (Wildman–Crippen MR) is 333 cm³/mol. The first-order valence-electron chi connectivity index (χ1n) is 29.0. The minimum absolute atomic E-state index is 0.0360. The molecule has 2 aromatic heterocycles. The number of halogens is 15. The number of piperidine rings is 2. The molecule has 8 rings (SSSR count). The van der Waals surface area contributed by atoms with Gasteiger partial charge in [-0.2, -0.15) is 52.7 Å². The molecular formula is C64H71Br3F12N8O4. The molecule has 91 heavy (non-hydrogen) atoms. The molecule has 12 nitrogen and oxygen atoms in total. The fourth-order valence-electron chi connectivity index (χ4n) is 10.8. The molecule has 0 unspecified atom stereocenters. The molecule has 0 bridgehead atoms. The van der Waals surface area contributed by atoms with Crippen molar-refractivity contribution in [3.05, 3.63) is 175 Å². The van der Waals surface area contributed by atoms with Crippen molar-refractivity contribution in [2.45, 2.75) is 191 Å². The first-order valence-corrected chi connectivity index (χ1v) is 31.8.